The summed E-state index contributed by atoms with van der Waals surface area (Å²) in [6.07, 6.45) is 1.05. The van der Waals surface area contributed by atoms with Gasteiger partial charge in [0.05, 0.1) is 11.9 Å². The number of sulfonamides is 1. The summed E-state index contributed by atoms with van der Waals surface area (Å²) in [7, 11) is -3.41. The lowest BCUT2D eigenvalue weighted by Gasteiger charge is -2.07. The van der Waals surface area contributed by atoms with Gasteiger partial charge in [0, 0.05) is 22.3 Å². The Morgan fingerprint density at radius 3 is 2.54 bits per heavy atom. The van der Waals surface area contributed by atoms with Crippen molar-refractivity contribution in [3.63, 3.8) is 0 Å². The molecule has 0 saturated heterocycles. The van der Waals surface area contributed by atoms with E-state index in [4.69, 9.17) is 16.1 Å². The molecule has 2 N–H and O–H groups in total. The number of aromatic nitrogens is 1. The summed E-state index contributed by atoms with van der Waals surface area (Å²) in [5, 5.41) is 6.94. The van der Waals surface area contributed by atoms with Crippen LogP contribution in [0.15, 0.2) is 59.1 Å². The third kappa shape index (κ3) is 4.62. The second-order valence-corrected chi connectivity index (χ2v) is 7.68. The van der Waals surface area contributed by atoms with Crippen LogP contribution in [0.5, 0.6) is 0 Å². The second-order valence-electron chi connectivity index (χ2n) is 5.50. The molecule has 0 aliphatic rings. The number of halogens is 1. The topological polar surface area (TPSA) is 101 Å². The van der Waals surface area contributed by atoms with Crippen LogP contribution in [-0.2, 0) is 10.0 Å². The molecule has 3 aromatic rings. The molecular weight excluding hydrogens is 378 g/mol. The van der Waals surface area contributed by atoms with Gasteiger partial charge in [0.15, 0.2) is 11.5 Å². The standard InChI is InChI=1S/C17H14ClN3O4S/c1-26(23,24)21-14-7-3-6-13(9-14)19-17(22)15-10-16(25-20-15)11-4-2-5-12(18)8-11/h2-10,21H,1H3,(H,19,22). The summed E-state index contributed by atoms with van der Waals surface area (Å²) < 4.78 is 30.1. The number of carbonyl (C=O) groups is 1. The third-order valence-corrected chi connectivity index (χ3v) is 4.12. The zero-order valence-corrected chi connectivity index (χ0v) is 15.1. The van der Waals surface area contributed by atoms with Crippen molar-refractivity contribution in [2.75, 3.05) is 16.3 Å². The monoisotopic (exact) mass is 391 g/mol. The number of rotatable bonds is 5. The predicted molar refractivity (Wildman–Crippen MR) is 99.8 cm³/mol. The molecule has 7 nitrogen and oxygen atoms in total. The number of anilines is 2. The molecule has 0 bridgehead atoms. The third-order valence-electron chi connectivity index (χ3n) is 3.28. The summed E-state index contributed by atoms with van der Waals surface area (Å²) in [5.74, 6) is -0.0799. The van der Waals surface area contributed by atoms with Gasteiger partial charge >= 0.3 is 0 Å². The SMILES string of the molecule is CS(=O)(=O)Nc1cccc(NC(=O)c2cc(-c3cccc(Cl)c3)on2)c1. The molecule has 9 heteroatoms. The van der Waals surface area contributed by atoms with Gasteiger partial charge in [-0.25, -0.2) is 8.42 Å². The molecule has 0 unspecified atom stereocenters. The summed E-state index contributed by atoms with van der Waals surface area (Å²) in [4.78, 5) is 12.3. The molecule has 1 amide bonds. The van der Waals surface area contributed by atoms with E-state index in [1.165, 1.54) is 12.1 Å². The number of hydrogen-bond acceptors (Lipinski definition) is 5. The molecular formula is C17H14ClN3O4S. The number of hydrogen-bond donors (Lipinski definition) is 2. The highest BCUT2D eigenvalue weighted by Gasteiger charge is 2.14. The van der Waals surface area contributed by atoms with Crippen molar-refractivity contribution in [2.45, 2.75) is 0 Å². The van der Waals surface area contributed by atoms with E-state index in [1.54, 1.807) is 42.5 Å². The van der Waals surface area contributed by atoms with Crippen molar-refractivity contribution in [1.82, 2.24) is 5.16 Å². The van der Waals surface area contributed by atoms with Gasteiger partial charge in [-0.05, 0) is 30.3 Å². The fourth-order valence-electron chi connectivity index (χ4n) is 2.23. The van der Waals surface area contributed by atoms with Crippen molar-refractivity contribution in [3.8, 4) is 11.3 Å². The molecule has 1 heterocycles. The summed E-state index contributed by atoms with van der Waals surface area (Å²) >= 11 is 5.94. The minimum atomic E-state index is -3.41. The van der Waals surface area contributed by atoms with E-state index in [9.17, 15) is 13.2 Å². The van der Waals surface area contributed by atoms with Gasteiger partial charge in [0.25, 0.3) is 5.91 Å². The number of amides is 1. The largest absolute Gasteiger partial charge is 0.355 e. The fourth-order valence-corrected chi connectivity index (χ4v) is 2.98. The van der Waals surface area contributed by atoms with Gasteiger partial charge in [-0.15, -0.1) is 0 Å². The first-order chi connectivity index (χ1) is 12.3. The first-order valence-corrected chi connectivity index (χ1v) is 9.69. The molecule has 0 aliphatic heterocycles. The average Bonchev–Trinajstić information content (AvgIpc) is 3.03. The van der Waals surface area contributed by atoms with Crippen LogP contribution in [0.2, 0.25) is 5.02 Å². The zero-order chi connectivity index (χ0) is 18.7. The molecule has 0 aliphatic carbocycles. The van der Waals surface area contributed by atoms with E-state index < -0.39 is 15.9 Å². The number of nitrogens with zero attached hydrogens (tertiary/aromatic N) is 1. The van der Waals surface area contributed by atoms with Crippen molar-refractivity contribution in [2.24, 2.45) is 0 Å². The molecule has 0 saturated carbocycles. The minimum Gasteiger partial charge on any atom is -0.355 e. The van der Waals surface area contributed by atoms with E-state index in [0.717, 1.165) is 6.26 Å². The van der Waals surface area contributed by atoms with Crippen LogP contribution in [0.4, 0.5) is 11.4 Å². The normalized spacial score (nSPS) is 11.2. The summed E-state index contributed by atoms with van der Waals surface area (Å²) in [6.45, 7) is 0. The molecule has 134 valence electrons. The van der Waals surface area contributed by atoms with E-state index >= 15 is 0 Å². The van der Waals surface area contributed by atoms with Crippen LogP contribution in [0.1, 0.15) is 10.5 Å². The van der Waals surface area contributed by atoms with Crippen molar-refractivity contribution in [3.05, 3.63) is 65.3 Å². The average molecular weight is 392 g/mol. The Balaban J connectivity index is 1.76. The van der Waals surface area contributed by atoms with Crippen LogP contribution in [0, 0.1) is 0 Å². The maximum Gasteiger partial charge on any atom is 0.277 e. The lowest BCUT2D eigenvalue weighted by Crippen LogP contribution is -2.13. The van der Waals surface area contributed by atoms with E-state index in [1.807, 2.05) is 0 Å². The Kier molecular flexibility index (Phi) is 4.97. The Morgan fingerprint density at radius 2 is 1.81 bits per heavy atom. The number of carbonyl (C=O) groups excluding carboxylic acids is 1. The Hall–Kier alpha value is -2.84. The Morgan fingerprint density at radius 1 is 1.08 bits per heavy atom. The van der Waals surface area contributed by atoms with E-state index in [0.29, 0.717) is 27.7 Å². The maximum absolute atomic E-state index is 12.3. The fraction of sp³-hybridized carbons (Fsp3) is 0.0588. The summed E-state index contributed by atoms with van der Waals surface area (Å²) in [5.41, 5.74) is 1.53. The molecule has 1 aromatic heterocycles. The minimum absolute atomic E-state index is 0.0847. The molecule has 26 heavy (non-hydrogen) atoms. The second kappa shape index (κ2) is 7.19. The summed E-state index contributed by atoms with van der Waals surface area (Å²) in [6, 6.07) is 14.8. The van der Waals surface area contributed by atoms with Crippen LogP contribution >= 0.6 is 11.6 Å². The quantitative estimate of drug-likeness (QED) is 0.691. The van der Waals surface area contributed by atoms with Crippen LogP contribution < -0.4 is 10.0 Å². The smallest absolute Gasteiger partial charge is 0.277 e. The Bertz CT molecular complexity index is 1060. The van der Waals surface area contributed by atoms with Gasteiger partial charge in [0.2, 0.25) is 10.0 Å². The van der Waals surface area contributed by atoms with Gasteiger partial charge in [-0.3, -0.25) is 9.52 Å². The zero-order valence-electron chi connectivity index (χ0n) is 13.6. The van der Waals surface area contributed by atoms with Crippen LogP contribution in [0.3, 0.4) is 0 Å². The molecule has 0 radical (unpaired) electrons. The van der Waals surface area contributed by atoms with Gasteiger partial charge in [-0.2, -0.15) is 0 Å². The highest BCUT2D eigenvalue weighted by Crippen LogP contribution is 2.24. The maximum atomic E-state index is 12.3. The van der Waals surface area contributed by atoms with E-state index in [-0.39, 0.29) is 5.69 Å². The predicted octanol–water partition coefficient (Wildman–Crippen LogP) is 3.62. The molecule has 0 fully saturated rings. The van der Waals surface area contributed by atoms with Gasteiger partial charge in [-0.1, -0.05) is 35.0 Å². The number of nitrogens with one attached hydrogen (secondary N) is 2. The highest BCUT2D eigenvalue weighted by atomic mass is 35.5. The van der Waals surface area contributed by atoms with Crippen molar-refractivity contribution in [1.29, 1.82) is 0 Å². The van der Waals surface area contributed by atoms with Gasteiger partial charge < -0.3 is 9.84 Å². The first-order valence-electron chi connectivity index (χ1n) is 7.42. The number of benzene rings is 2. The highest BCUT2D eigenvalue weighted by molar-refractivity contribution is 7.92. The molecule has 2 aromatic carbocycles. The first kappa shape index (κ1) is 18.0. The lowest BCUT2D eigenvalue weighted by molar-refractivity contribution is 0.101. The van der Waals surface area contributed by atoms with Crippen molar-refractivity contribution >= 4 is 38.9 Å². The van der Waals surface area contributed by atoms with Crippen molar-refractivity contribution < 1.29 is 17.7 Å². The van der Waals surface area contributed by atoms with Crippen LogP contribution in [0.25, 0.3) is 11.3 Å². The molecule has 0 spiro atoms. The lowest BCUT2D eigenvalue weighted by atomic mass is 10.1. The molecule has 0 atom stereocenters. The van der Waals surface area contributed by atoms with E-state index in [2.05, 4.69) is 15.2 Å². The van der Waals surface area contributed by atoms with Crippen LogP contribution in [-0.4, -0.2) is 25.7 Å². The van der Waals surface area contributed by atoms with Gasteiger partial charge in [0.1, 0.15) is 0 Å². The Labute approximate surface area is 155 Å². The molecule has 3 rings (SSSR count).